The molecule has 0 bridgehead atoms. The Morgan fingerprint density at radius 1 is 1.05 bits per heavy atom. The predicted molar refractivity (Wildman–Crippen MR) is 80.8 cm³/mol. The van der Waals surface area contributed by atoms with E-state index in [-0.39, 0.29) is 11.6 Å². The van der Waals surface area contributed by atoms with Gasteiger partial charge in [0.05, 0.1) is 6.04 Å². The van der Waals surface area contributed by atoms with Gasteiger partial charge in [-0.1, -0.05) is 46.6 Å². The Labute approximate surface area is 126 Å². The van der Waals surface area contributed by atoms with Crippen molar-refractivity contribution in [2.75, 3.05) is 6.54 Å². The van der Waals surface area contributed by atoms with E-state index in [0.29, 0.717) is 22.1 Å². The van der Waals surface area contributed by atoms with Gasteiger partial charge in [0.15, 0.2) is 0 Å². The van der Waals surface area contributed by atoms with E-state index in [1.165, 1.54) is 12.1 Å². The number of benzene rings is 2. The number of nitrogens with one attached hydrogen (secondary N) is 1. The molecule has 0 amide bonds. The zero-order valence-electron chi connectivity index (χ0n) is 11.4. The van der Waals surface area contributed by atoms with Gasteiger partial charge in [-0.25, -0.2) is 8.78 Å². The van der Waals surface area contributed by atoms with E-state index in [0.717, 1.165) is 5.56 Å². The first kappa shape index (κ1) is 15.1. The summed E-state index contributed by atoms with van der Waals surface area (Å²) in [4.78, 5) is 0. The SMILES string of the molecule is CCNC(c1ccc(Br)cc1F)c1cc(C)ccc1F. The van der Waals surface area contributed by atoms with Gasteiger partial charge in [0, 0.05) is 15.6 Å². The molecule has 1 atom stereocenters. The molecule has 2 aromatic carbocycles. The Hall–Kier alpha value is -1.26. The van der Waals surface area contributed by atoms with Crippen LogP contribution in [0.1, 0.15) is 29.7 Å². The molecule has 0 spiro atoms. The summed E-state index contributed by atoms with van der Waals surface area (Å²) in [5.74, 6) is -0.685. The number of rotatable bonds is 4. The molecule has 0 heterocycles. The number of hydrogen-bond acceptors (Lipinski definition) is 1. The Morgan fingerprint density at radius 2 is 1.80 bits per heavy atom. The van der Waals surface area contributed by atoms with E-state index in [4.69, 9.17) is 0 Å². The van der Waals surface area contributed by atoms with Gasteiger partial charge < -0.3 is 5.32 Å². The molecule has 2 rings (SSSR count). The van der Waals surface area contributed by atoms with Gasteiger partial charge in [-0.2, -0.15) is 0 Å². The smallest absolute Gasteiger partial charge is 0.129 e. The summed E-state index contributed by atoms with van der Waals surface area (Å²) >= 11 is 3.23. The minimum atomic E-state index is -0.493. The van der Waals surface area contributed by atoms with E-state index < -0.39 is 6.04 Å². The topological polar surface area (TPSA) is 12.0 Å². The summed E-state index contributed by atoms with van der Waals surface area (Å²) in [6.45, 7) is 4.43. The van der Waals surface area contributed by atoms with Gasteiger partial charge in [0.2, 0.25) is 0 Å². The Balaban J connectivity index is 2.53. The first-order chi connectivity index (χ1) is 9.52. The van der Waals surface area contributed by atoms with E-state index in [1.54, 1.807) is 24.3 Å². The number of halogens is 3. The maximum absolute atomic E-state index is 14.1. The van der Waals surface area contributed by atoms with Gasteiger partial charge in [-0.05, 0) is 31.7 Å². The van der Waals surface area contributed by atoms with Gasteiger partial charge in [0.1, 0.15) is 11.6 Å². The zero-order valence-corrected chi connectivity index (χ0v) is 13.0. The Morgan fingerprint density at radius 3 is 2.45 bits per heavy atom. The molecule has 0 saturated heterocycles. The standard InChI is InChI=1S/C16H16BrF2N/c1-3-20-16(12-6-5-11(17)9-15(12)19)13-8-10(2)4-7-14(13)18/h4-9,16,20H,3H2,1-2H3. The molecule has 1 unspecified atom stereocenters. The molecule has 0 radical (unpaired) electrons. The van der Waals surface area contributed by atoms with E-state index >= 15 is 0 Å². The van der Waals surface area contributed by atoms with Crippen molar-refractivity contribution in [3.63, 3.8) is 0 Å². The van der Waals surface area contributed by atoms with Crippen molar-refractivity contribution in [3.8, 4) is 0 Å². The van der Waals surface area contributed by atoms with Crippen molar-refractivity contribution < 1.29 is 8.78 Å². The van der Waals surface area contributed by atoms with Gasteiger partial charge in [0.25, 0.3) is 0 Å². The molecule has 0 aromatic heterocycles. The third-order valence-electron chi connectivity index (χ3n) is 3.14. The van der Waals surface area contributed by atoms with Crippen LogP contribution in [0, 0.1) is 18.6 Å². The molecular formula is C16H16BrF2N. The summed E-state index contributed by atoms with van der Waals surface area (Å²) < 4.78 is 28.9. The lowest BCUT2D eigenvalue weighted by molar-refractivity contribution is 0.530. The van der Waals surface area contributed by atoms with Crippen LogP contribution in [-0.4, -0.2) is 6.54 Å². The molecule has 4 heteroatoms. The van der Waals surface area contributed by atoms with Gasteiger partial charge in [-0.3, -0.25) is 0 Å². The molecular weight excluding hydrogens is 324 g/mol. The van der Waals surface area contributed by atoms with Crippen LogP contribution in [0.2, 0.25) is 0 Å². The number of hydrogen-bond donors (Lipinski definition) is 1. The van der Waals surface area contributed by atoms with Crippen LogP contribution in [0.5, 0.6) is 0 Å². The van der Waals surface area contributed by atoms with E-state index in [2.05, 4.69) is 21.2 Å². The Bertz CT molecular complexity index is 613. The van der Waals surface area contributed by atoms with Crippen molar-refractivity contribution in [1.29, 1.82) is 0 Å². The van der Waals surface area contributed by atoms with Crippen LogP contribution < -0.4 is 5.32 Å². The average molecular weight is 340 g/mol. The molecule has 2 aromatic rings. The van der Waals surface area contributed by atoms with Crippen molar-refractivity contribution in [1.82, 2.24) is 5.32 Å². The quantitative estimate of drug-likeness (QED) is 0.848. The van der Waals surface area contributed by atoms with E-state index in [9.17, 15) is 8.78 Å². The second-order valence-corrected chi connectivity index (χ2v) is 5.60. The second kappa shape index (κ2) is 6.46. The van der Waals surface area contributed by atoms with Crippen molar-refractivity contribution in [2.24, 2.45) is 0 Å². The highest BCUT2D eigenvalue weighted by molar-refractivity contribution is 9.10. The van der Waals surface area contributed by atoms with Crippen LogP contribution >= 0.6 is 15.9 Å². The monoisotopic (exact) mass is 339 g/mol. The molecule has 1 nitrogen and oxygen atoms in total. The maximum Gasteiger partial charge on any atom is 0.129 e. The lowest BCUT2D eigenvalue weighted by atomic mass is 9.96. The third kappa shape index (κ3) is 3.25. The highest BCUT2D eigenvalue weighted by Crippen LogP contribution is 2.28. The molecule has 106 valence electrons. The van der Waals surface area contributed by atoms with Crippen molar-refractivity contribution in [3.05, 3.63) is 69.2 Å². The Kier molecular flexibility index (Phi) is 4.89. The predicted octanol–water partition coefficient (Wildman–Crippen LogP) is 4.73. The molecule has 0 fully saturated rings. The fourth-order valence-corrected chi connectivity index (χ4v) is 2.54. The zero-order chi connectivity index (χ0) is 14.7. The second-order valence-electron chi connectivity index (χ2n) is 4.68. The van der Waals surface area contributed by atoms with E-state index in [1.807, 2.05) is 13.8 Å². The fourth-order valence-electron chi connectivity index (χ4n) is 2.21. The summed E-state index contributed by atoms with van der Waals surface area (Å²) in [5, 5.41) is 3.15. The van der Waals surface area contributed by atoms with Crippen molar-refractivity contribution >= 4 is 15.9 Å². The molecule has 20 heavy (non-hydrogen) atoms. The first-order valence-corrected chi connectivity index (χ1v) is 7.26. The third-order valence-corrected chi connectivity index (χ3v) is 3.64. The van der Waals surface area contributed by atoms with Crippen LogP contribution in [0.4, 0.5) is 8.78 Å². The van der Waals surface area contributed by atoms with Crippen LogP contribution in [0.15, 0.2) is 40.9 Å². The summed E-state index contributed by atoms with van der Waals surface area (Å²) in [6.07, 6.45) is 0. The van der Waals surface area contributed by atoms with Crippen LogP contribution in [0.3, 0.4) is 0 Å². The average Bonchev–Trinajstić information content (AvgIpc) is 2.40. The highest BCUT2D eigenvalue weighted by Gasteiger charge is 2.20. The van der Waals surface area contributed by atoms with Crippen LogP contribution in [-0.2, 0) is 0 Å². The summed E-state index contributed by atoms with van der Waals surface area (Å²) in [6, 6.07) is 9.22. The largest absolute Gasteiger partial charge is 0.306 e. The summed E-state index contributed by atoms with van der Waals surface area (Å²) in [7, 11) is 0. The minimum Gasteiger partial charge on any atom is -0.306 e. The minimum absolute atomic E-state index is 0.330. The molecule has 1 N–H and O–H groups in total. The number of aryl methyl sites for hydroxylation is 1. The van der Waals surface area contributed by atoms with Gasteiger partial charge >= 0.3 is 0 Å². The lowest BCUT2D eigenvalue weighted by Gasteiger charge is -2.20. The first-order valence-electron chi connectivity index (χ1n) is 6.47. The van der Waals surface area contributed by atoms with Gasteiger partial charge in [-0.15, -0.1) is 0 Å². The molecule has 0 aliphatic heterocycles. The molecule has 0 aliphatic rings. The normalized spacial score (nSPS) is 12.4. The fraction of sp³-hybridized carbons (Fsp3) is 0.250. The lowest BCUT2D eigenvalue weighted by Crippen LogP contribution is -2.24. The molecule has 0 saturated carbocycles. The maximum atomic E-state index is 14.1. The highest BCUT2D eigenvalue weighted by atomic mass is 79.9. The van der Waals surface area contributed by atoms with Crippen molar-refractivity contribution in [2.45, 2.75) is 19.9 Å². The van der Waals surface area contributed by atoms with Crippen LogP contribution in [0.25, 0.3) is 0 Å². The molecule has 0 aliphatic carbocycles. The summed E-state index contributed by atoms with van der Waals surface area (Å²) in [5.41, 5.74) is 1.86.